The van der Waals surface area contributed by atoms with E-state index in [1.54, 1.807) is 0 Å². The van der Waals surface area contributed by atoms with Crippen molar-refractivity contribution < 1.29 is 24.8 Å². The number of hydrogen-bond donors (Lipinski definition) is 3. The zero-order chi connectivity index (χ0) is 14.9. The Morgan fingerprint density at radius 3 is 2.71 bits per heavy atom. The maximum atomic E-state index is 10.4. The van der Waals surface area contributed by atoms with Gasteiger partial charge >= 0.3 is 0 Å². The second-order valence-corrected chi connectivity index (χ2v) is 5.86. The minimum absolute atomic E-state index is 0.0137. The molecule has 1 fully saturated rings. The molecule has 0 unspecified atom stereocenters. The van der Waals surface area contributed by atoms with Gasteiger partial charge in [-0.15, -0.1) is 0 Å². The van der Waals surface area contributed by atoms with E-state index in [9.17, 15) is 10.2 Å². The van der Waals surface area contributed by atoms with Crippen molar-refractivity contribution in [3.05, 3.63) is 35.4 Å². The molecule has 116 valence electrons. The Morgan fingerprint density at radius 2 is 1.95 bits per heavy atom. The van der Waals surface area contributed by atoms with Gasteiger partial charge in [0.2, 0.25) is 5.79 Å². The van der Waals surface area contributed by atoms with Gasteiger partial charge in [-0.3, -0.25) is 0 Å². The first-order chi connectivity index (χ1) is 10.1. The summed E-state index contributed by atoms with van der Waals surface area (Å²) in [4.78, 5) is 0. The zero-order valence-electron chi connectivity index (χ0n) is 11.9. The van der Waals surface area contributed by atoms with E-state index in [4.69, 9.17) is 14.6 Å². The van der Waals surface area contributed by atoms with Gasteiger partial charge in [0, 0.05) is 19.4 Å². The first-order valence-corrected chi connectivity index (χ1v) is 7.50. The lowest BCUT2D eigenvalue weighted by Gasteiger charge is -2.46. The lowest BCUT2D eigenvalue weighted by Crippen LogP contribution is -2.60. The van der Waals surface area contributed by atoms with Gasteiger partial charge < -0.3 is 24.8 Å². The van der Waals surface area contributed by atoms with Crippen LogP contribution in [0.25, 0.3) is 0 Å². The van der Waals surface area contributed by atoms with E-state index >= 15 is 0 Å². The van der Waals surface area contributed by atoms with Gasteiger partial charge in [0.25, 0.3) is 0 Å². The highest BCUT2D eigenvalue weighted by atomic mass is 16.7. The van der Waals surface area contributed by atoms with Crippen LogP contribution in [-0.4, -0.2) is 52.6 Å². The summed E-state index contributed by atoms with van der Waals surface area (Å²) in [5, 5.41) is 29.7. The third kappa shape index (κ3) is 2.84. The van der Waals surface area contributed by atoms with Crippen molar-refractivity contribution in [2.45, 2.75) is 49.8 Å². The van der Waals surface area contributed by atoms with Crippen LogP contribution in [0.3, 0.4) is 0 Å². The summed E-state index contributed by atoms with van der Waals surface area (Å²) >= 11 is 0. The molecular weight excluding hydrogens is 272 g/mol. The Kier molecular flexibility index (Phi) is 4.28. The third-order valence-corrected chi connectivity index (χ3v) is 4.41. The Bertz CT molecular complexity index is 491. The molecule has 0 aliphatic carbocycles. The van der Waals surface area contributed by atoms with Crippen molar-refractivity contribution in [3.63, 3.8) is 0 Å². The van der Waals surface area contributed by atoms with E-state index < -0.39 is 18.0 Å². The smallest absolute Gasteiger partial charge is 0.201 e. The molecule has 0 aromatic heterocycles. The lowest BCUT2D eigenvalue weighted by molar-refractivity contribution is -0.339. The van der Waals surface area contributed by atoms with Gasteiger partial charge in [-0.1, -0.05) is 24.3 Å². The van der Waals surface area contributed by atoms with Crippen molar-refractivity contribution in [1.82, 2.24) is 0 Å². The van der Waals surface area contributed by atoms with Gasteiger partial charge in [0.15, 0.2) is 0 Å². The molecule has 4 atom stereocenters. The van der Waals surface area contributed by atoms with Crippen molar-refractivity contribution in [2.24, 2.45) is 0 Å². The highest BCUT2D eigenvalue weighted by Gasteiger charge is 2.51. The Labute approximate surface area is 124 Å². The summed E-state index contributed by atoms with van der Waals surface area (Å²) in [6.07, 6.45) is -0.388. The Hall–Kier alpha value is -0.980. The Balaban J connectivity index is 1.90. The van der Waals surface area contributed by atoms with Crippen LogP contribution in [0, 0.1) is 0 Å². The summed E-state index contributed by atoms with van der Waals surface area (Å²) in [6, 6.07) is 7.99. The molecule has 0 bridgehead atoms. The standard InChI is InChI=1S/C16H22O5/c17-7-5-13-9-14(18)15(19)16(21-13)10-12-4-2-1-3-11(12)6-8-20-16/h1-4,13-15,17-19H,5-10H2/t13-,14+,15-,16+/m1/s1. The number of ether oxygens (including phenoxy) is 2. The van der Waals surface area contributed by atoms with Crippen molar-refractivity contribution in [2.75, 3.05) is 13.2 Å². The molecule has 21 heavy (non-hydrogen) atoms. The molecule has 1 spiro atoms. The summed E-state index contributed by atoms with van der Waals surface area (Å²) < 4.78 is 11.8. The molecule has 1 saturated heterocycles. The SMILES string of the molecule is OCC[C@@H]1C[C@H](O)[C@@H](O)[C@]2(Cc3ccccc3CCO2)O1. The first kappa shape index (κ1) is 14.9. The summed E-state index contributed by atoms with van der Waals surface area (Å²) in [5.41, 5.74) is 2.26. The van der Waals surface area contributed by atoms with E-state index in [1.165, 1.54) is 5.56 Å². The fraction of sp³-hybridized carbons (Fsp3) is 0.625. The number of benzene rings is 1. The number of rotatable bonds is 2. The molecule has 0 amide bonds. The molecule has 1 aromatic carbocycles. The molecule has 5 nitrogen and oxygen atoms in total. The topological polar surface area (TPSA) is 79.2 Å². The number of aliphatic hydroxyl groups excluding tert-OH is 3. The van der Waals surface area contributed by atoms with Crippen molar-refractivity contribution in [1.29, 1.82) is 0 Å². The van der Waals surface area contributed by atoms with Gasteiger partial charge in [-0.25, -0.2) is 0 Å². The molecule has 2 aliphatic heterocycles. The largest absolute Gasteiger partial charge is 0.396 e. The lowest BCUT2D eigenvalue weighted by atomic mass is 9.88. The average molecular weight is 294 g/mol. The van der Waals surface area contributed by atoms with Crippen LogP contribution >= 0.6 is 0 Å². The fourth-order valence-corrected chi connectivity index (χ4v) is 3.30. The van der Waals surface area contributed by atoms with Crippen LogP contribution in [-0.2, 0) is 22.3 Å². The summed E-state index contributed by atoms with van der Waals surface area (Å²) in [7, 11) is 0. The van der Waals surface area contributed by atoms with Crippen molar-refractivity contribution in [3.8, 4) is 0 Å². The molecule has 0 radical (unpaired) electrons. The molecule has 3 N–H and O–H groups in total. The number of fused-ring (bicyclic) bond motifs is 1. The van der Waals surface area contributed by atoms with Crippen LogP contribution < -0.4 is 0 Å². The minimum Gasteiger partial charge on any atom is -0.396 e. The molecule has 5 heteroatoms. The van der Waals surface area contributed by atoms with Gasteiger partial charge in [-0.2, -0.15) is 0 Å². The highest BCUT2D eigenvalue weighted by molar-refractivity contribution is 5.30. The van der Waals surface area contributed by atoms with E-state index in [1.807, 2.05) is 18.2 Å². The Morgan fingerprint density at radius 1 is 1.19 bits per heavy atom. The predicted octanol–water partition coefficient (Wildman–Crippen LogP) is 0.391. The van der Waals surface area contributed by atoms with Crippen LogP contribution in [0.4, 0.5) is 0 Å². The van der Waals surface area contributed by atoms with Crippen LogP contribution in [0.5, 0.6) is 0 Å². The normalized spacial score (nSPS) is 36.2. The minimum atomic E-state index is -1.22. The molecule has 3 rings (SSSR count). The summed E-state index contributed by atoms with van der Waals surface area (Å²) in [5.74, 6) is -1.22. The summed E-state index contributed by atoms with van der Waals surface area (Å²) in [6.45, 7) is 0.423. The van der Waals surface area contributed by atoms with Crippen LogP contribution in [0.2, 0.25) is 0 Å². The maximum absolute atomic E-state index is 10.4. The molecule has 1 aromatic rings. The monoisotopic (exact) mass is 294 g/mol. The van der Waals surface area contributed by atoms with Gasteiger partial charge in [0.05, 0.1) is 18.8 Å². The highest BCUT2D eigenvalue weighted by Crippen LogP contribution is 2.37. The van der Waals surface area contributed by atoms with Crippen molar-refractivity contribution >= 4 is 0 Å². The maximum Gasteiger partial charge on any atom is 0.201 e. The second kappa shape index (κ2) is 6.02. The van der Waals surface area contributed by atoms with E-state index in [0.717, 1.165) is 12.0 Å². The van der Waals surface area contributed by atoms with E-state index in [0.29, 0.717) is 25.9 Å². The molecule has 2 aliphatic rings. The second-order valence-electron chi connectivity index (χ2n) is 5.86. The predicted molar refractivity (Wildman–Crippen MR) is 75.7 cm³/mol. The third-order valence-electron chi connectivity index (χ3n) is 4.41. The van der Waals surface area contributed by atoms with Crippen LogP contribution in [0.1, 0.15) is 24.0 Å². The van der Waals surface area contributed by atoms with Crippen LogP contribution in [0.15, 0.2) is 24.3 Å². The quantitative estimate of drug-likeness (QED) is 0.735. The van der Waals surface area contributed by atoms with Gasteiger partial charge in [-0.05, 0) is 24.0 Å². The number of aliphatic hydroxyl groups is 3. The van der Waals surface area contributed by atoms with Gasteiger partial charge in [0.1, 0.15) is 6.10 Å². The molecule has 0 saturated carbocycles. The molecular formula is C16H22O5. The average Bonchev–Trinajstić information content (AvgIpc) is 2.65. The zero-order valence-corrected chi connectivity index (χ0v) is 11.9. The number of hydrogen-bond acceptors (Lipinski definition) is 5. The first-order valence-electron chi connectivity index (χ1n) is 7.50. The molecule has 2 heterocycles. The van der Waals surface area contributed by atoms with E-state index in [2.05, 4.69) is 6.07 Å². The van der Waals surface area contributed by atoms with E-state index in [-0.39, 0.29) is 12.7 Å². The fourth-order valence-electron chi connectivity index (χ4n) is 3.30.